The molecule has 4 nitrogen and oxygen atoms in total. The monoisotopic (exact) mass is 364 g/mol. The summed E-state index contributed by atoms with van der Waals surface area (Å²) in [6.45, 7) is 3.44. The van der Waals surface area contributed by atoms with E-state index in [1.807, 2.05) is 6.07 Å². The van der Waals surface area contributed by atoms with Gasteiger partial charge in [0.1, 0.15) is 0 Å². The third-order valence-corrected chi connectivity index (χ3v) is 7.23. The van der Waals surface area contributed by atoms with Crippen molar-refractivity contribution in [3.05, 3.63) is 45.0 Å². The molecule has 0 aliphatic heterocycles. The second kappa shape index (κ2) is 6.22. The number of hydrogen-bond acceptors (Lipinski definition) is 4. The van der Waals surface area contributed by atoms with E-state index in [1.165, 1.54) is 11.4 Å². The molecule has 0 fully saturated rings. The first kappa shape index (κ1) is 16.7. The molecule has 0 aliphatic rings. The van der Waals surface area contributed by atoms with Crippen molar-refractivity contribution in [3.63, 3.8) is 0 Å². The van der Waals surface area contributed by atoms with E-state index in [2.05, 4.69) is 4.98 Å². The first-order valence-corrected chi connectivity index (χ1v) is 9.11. The Hall–Kier alpha value is -0.660. The SMILES string of the molecule is Cc1nc(Cl)sc1S(=O)(=O)N(C)C(C)c1cccc(Cl)c1. The van der Waals surface area contributed by atoms with Crippen molar-refractivity contribution >= 4 is 44.6 Å². The molecule has 0 radical (unpaired) electrons. The van der Waals surface area contributed by atoms with Crippen LogP contribution in [-0.2, 0) is 10.0 Å². The lowest BCUT2D eigenvalue weighted by Crippen LogP contribution is -2.29. The van der Waals surface area contributed by atoms with Crippen molar-refractivity contribution in [2.75, 3.05) is 7.05 Å². The van der Waals surface area contributed by atoms with Gasteiger partial charge in [0.15, 0.2) is 8.68 Å². The fourth-order valence-electron chi connectivity index (χ4n) is 1.91. The van der Waals surface area contributed by atoms with Crippen LogP contribution in [-0.4, -0.2) is 24.8 Å². The van der Waals surface area contributed by atoms with Crippen LogP contribution in [0.15, 0.2) is 28.5 Å². The molecule has 8 heteroatoms. The molecule has 1 unspecified atom stereocenters. The number of aryl methyl sites for hydroxylation is 1. The zero-order valence-corrected chi connectivity index (χ0v) is 14.8. The van der Waals surface area contributed by atoms with Crippen molar-refractivity contribution in [2.45, 2.75) is 24.1 Å². The predicted molar refractivity (Wildman–Crippen MR) is 86.7 cm³/mol. The van der Waals surface area contributed by atoms with Gasteiger partial charge in [-0.3, -0.25) is 0 Å². The molecule has 1 atom stereocenters. The summed E-state index contributed by atoms with van der Waals surface area (Å²) in [5.41, 5.74) is 1.23. The van der Waals surface area contributed by atoms with Crippen molar-refractivity contribution in [1.82, 2.24) is 9.29 Å². The average molecular weight is 365 g/mol. The maximum atomic E-state index is 12.7. The van der Waals surface area contributed by atoms with Crippen molar-refractivity contribution in [3.8, 4) is 0 Å². The van der Waals surface area contributed by atoms with Crippen LogP contribution in [0, 0.1) is 6.92 Å². The largest absolute Gasteiger partial charge is 0.254 e. The molecule has 0 saturated carbocycles. The fourth-order valence-corrected chi connectivity index (χ4v) is 5.36. The van der Waals surface area contributed by atoms with E-state index in [-0.39, 0.29) is 14.7 Å². The van der Waals surface area contributed by atoms with Gasteiger partial charge in [-0.15, -0.1) is 0 Å². The van der Waals surface area contributed by atoms with Gasteiger partial charge in [-0.1, -0.05) is 46.7 Å². The van der Waals surface area contributed by atoms with Crippen LogP contribution < -0.4 is 0 Å². The number of hydrogen-bond donors (Lipinski definition) is 0. The number of rotatable bonds is 4. The minimum Gasteiger partial charge on any atom is -0.229 e. The van der Waals surface area contributed by atoms with Gasteiger partial charge >= 0.3 is 0 Å². The molecule has 0 aliphatic carbocycles. The minimum absolute atomic E-state index is 0.170. The highest BCUT2D eigenvalue weighted by Gasteiger charge is 2.30. The summed E-state index contributed by atoms with van der Waals surface area (Å²) in [5, 5.41) is 0.571. The van der Waals surface area contributed by atoms with Gasteiger partial charge in [0.25, 0.3) is 10.0 Å². The lowest BCUT2D eigenvalue weighted by molar-refractivity contribution is 0.399. The highest BCUT2D eigenvalue weighted by atomic mass is 35.5. The third kappa shape index (κ3) is 3.40. The average Bonchev–Trinajstić information content (AvgIpc) is 2.76. The molecular formula is C13H14Cl2N2O2S2. The van der Waals surface area contributed by atoms with Crippen molar-refractivity contribution in [1.29, 1.82) is 0 Å². The first-order chi connectivity index (χ1) is 9.73. The van der Waals surface area contributed by atoms with Gasteiger partial charge in [0, 0.05) is 18.1 Å². The molecule has 1 aromatic heterocycles. The first-order valence-electron chi connectivity index (χ1n) is 6.10. The summed E-state index contributed by atoms with van der Waals surface area (Å²) in [7, 11) is -2.11. The predicted octanol–water partition coefficient (Wildman–Crippen LogP) is 4.14. The number of nitrogens with zero attached hydrogens (tertiary/aromatic N) is 2. The molecular weight excluding hydrogens is 351 g/mol. The molecule has 2 aromatic rings. The Labute approximate surface area is 138 Å². The number of thiazole rings is 1. The van der Waals surface area contributed by atoms with Crippen LogP contribution in [0.5, 0.6) is 0 Å². The smallest absolute Gasteiger partial charge is 0.229 e. The molecule has 0 N–H and O–H groups in total. The summed E-state index contributed by atoms with van der Waals surface area (Å²) >= 11 is 12.7. The van der Waals surface area contributed by atoms with Gasteiger partial charge in [-0.25, -0.2) is 13.4 Å². The molecule has 0 amide bonds. The molecule has 2 rings (SSSR count). The second-order valence-corrected chi connectivity index (χ2v) is 8.80. The van der Waals surface area contributed by atoms with Crippen molar-refractivity contribution in [2.24, 2.45) is 0 Å². The van der Waals surface area contributed by atoms with E-state index in [0.717, 1.165) is 16.9 Å². The molecule has 114 valence electrons. The van der Waals surface area contributed by atoms with E-state index in [0.29, 0.717) is 10.7 Å². The Morgan fingerprint density at radius 1 is 1.33 bits per heavy atom. The van der Waals surface area contributed by atoms with Crippen LogP contribution in [0.4, 0.5) is 0 Å². The Kier molecular flexibility index (Phi) is 4.95. The lowest BCUT2D eigenvalue weighted by Gasteiger charge is -2.24. The normalized spacial score (nSPS) is 13.6. The Morgan fingerprint density at radius 3 is 2.52 bits per heavy atom. The van der Waals surface area contributed by atoms with Crippen LogP contribution in [0.2, 0.25) is 9.49 Å². The van der Waals surface area contributed by atoms with Crippen LogP contribution in [0.3, 0.4) is 0 Å². The number of benzene rings is 1. The summed E-state index contributed by atoms with van der Waals surface area (Å²) in [6.07, 6.45) is 0. The highest BCUT2D eigenvalue weighted by Crippen LogP contribution is 2.33. The second-order valence-electron chi connectivity index (χ2n) is 4.59. The molecule has 21 heavy (non-hydrogen) atoms. The zero-order valence-electron chi connectivity index (χ0n) is 11.7. The summed E-state index contributed by atoms with van der Waals surface area (Å²) < 4.78 is 27.0. The minimum atomic E-state index is -3.65. The van der Waals surface area contributed by atoms with Crippen LogP contribution in [0.25, 0.3) is 0 Å². The third-order valence-electron chi connectivity index (χ3n) is 3.22. The van der Waals surface area contributed by atoms with Crippen LogP contribution in [0.1, 0.15) is 24.2 Å². The molecule has 0 saturated heterocycles. The summed E-state index contributed by atoms with van der Waals surface area (Å²) in [5.74, 6) is 0. The summed E-state index contributed by atoms with van der Waals surface area (Å²) in [4.78, 5) is 3.96. The number of aromatic nitrogens is 1. The Bertz CT molecular complexity index is 759. The van der Waals surface area contributed by atoms with E-state index in [4.69, 9.17) is 23.2 Å². The Balaban J connectivity index is 2.38. The highest BCUT2D eigenvalue weighted by molar-refractivity contribution is 7.91. The van der Waals surface area contributed by atoms with E-state index >= 15 is 0 Å². The maximum Gasteiger partial charge on any atom is 0.254 e. The number of halogens is 2. The lowest BCUT2D eigenvalue weighted by atomic mass is 10.1. The van der Waals surface area contributed by atoms with E-state index in [9.17, 15) is 8.42 Å². The summed E-state index contributed by atoms with van der Waals surface area (Å²) in [6, 6.07) is 6.79. The standard InChI is InChI=1S/C13H14Cl2N2O2S2/c1-8-12(20-13(15)16-8)21(18,19)17(3)9(2)10-5-4-6-11(14)7-10/h4-7,9H,1-3H3. The van der Waals surface area contributed by atoms with E-state index in [1.54, 1.807) is 32.0 Å². The molecule has 1 heterocycles. The van der Waals surface area contributed by atoms with Gasteiger partial charge < -0.3 is 0 Å². The number of sulfonamides is 1. The fraction of sp³-hybridized carbons (Fsp3) is 0.308. The van der Waals surface area contributed by atoms with Gasteiger partial charge in [0.05, 0.1) is 5.69 Å². The Morgan fingerprint density at radius 2 is 2.00 bits per heavy atom. The zero-order chi connectivity index (χ0) is 15.8. The van der Waals surface area contributed by atoms with Gasteiger partial charge in [0.2, 0.25) is 0 Å². The quantitative estimate of drug-likeness (QED) is 0.818. The molecule has 0 spiro atoms. The molecule has 1 aromatic carbocycles. The molecule has 0 bridgehead atoms. The maximum absolute atomic E-state index is 12.7. The topological polar surface area (TPSA) is 50.3 Å². The van der Waals surface area contributed by atoms with Gasteiger partial charge in [-0.05, 0) is 31.5 Å². The van der Waals surface area contributed by atoms with Crippen LogP contribution >= 0.6 is 34.5 Å². The van der Waals surface area contributed by atoms with Crippen molar-refractivity contribution < 1.29 is 8.42 Å². The van der Waals surface area contributed by atoms with E-state index < -0.39 is 10.0 Å². The van der Waals surface area contributed by atoms with Gasteiger partial charge in [-0.2, -0.15) is 4.31 Å².